The Balaban J connectivity index is 2.32. The zero-order chi connectivity index (χ0) is 100. The van der Waals surface area contributed by atoms with E-state index >= 15 is 0 Å². The van der Waals surface area contributed by atoms with Gasteiger partial charge in [0.15, 0.2) is 11.9 Å². The lowest BCUT2D eigenvalue weighted by Gasteiger charge is -2.31. The summed E-state index contributed by atoms with van der Waals surface area (Å²) in [6.07, 6.45) is -1.12. The third-order valence-electron chi connectivity index (χ3n) is 21.8. The highest BCUT2D eigenvalue weighted by molar-refractivity contribution is 6.42. The number of carbonyl (C=O) groups is 20. The van der Waals surface area contributed by atoms with E-state index in [-0.39, 0.29) is 295 Å². The van der Waals surface area contributed by atoms with Gasteiger partial charge in [0.1, 0.15) is 43.2 Å². The van der Waals surface area contributed by atoms with Crippen LogP contribution in [0.1, 0.15) is 207 Å². The number of nitrogens with zero attached hydrogens (tertiary/aromatic N) is 4. The van der Waals surface area contributed by atoms with Gasteiger partial charge in [-0.3, -0.25) is 135 Å². The number of ether oxygens (including phenoxy) is 4. The van der Waals surface area contributed by atoms with Crippen molar-refractivity contribution in [3.8, 4) is 0 Å². The number of Topliss-reactive ketones (excluding diaryl/α,β-unsaturated/α-hetero) is 5. The van der Waals surface area contributed by atoms with Gasteiger partial charge in [-0.05, 0) is 127 Å². The second-order valence-corrected chi connectivity index (χ2v) is 33.7. The number of amides is 14. The number of guanidine groups is 2. The predicted molar refractivity (Wildman–Crippen MR) is 485 cm³/mol. The van der Waals surface area contributed by atoms with Gasteiger partial charge in [-0.2, -0.15) is 0 Å². The minimum absolute atomic E-state index is 0.000541. The summed E-state index contributed by atoms with van der Waals surface area (Å²) >= 11 is 0. The molecule has 0 saturated carbocycles. The number of rotatable bonds is 75. The molecule has 10 atom stereocenters. The number of hydrazine groups is 2. The van der Waals surface area contributed by atoms with Crippen molar-refractivity contribution in [3.05, 3.63) is 0 Å². The first-order valence-corrected chi connectivity index (χ1v) is 45.6. The number of ketones is 5. The van der Waals surface area contributed by atoms with Gasteiger partial charge in [0.2, 0.25) is 99.9 Å². The van der Waals surface area contributed by atoms with Crippen LogP contribution in [0.25, 0.3) is 0 Å². The summed E-state index contributed by atoms with van der Waals surface area (Å²) in [7, 11) is 2.82. The van der Waals surface area contributed by atoms with E-state index in [0.29, 0.717) is 6.42 Å². The van der Waals surface area contributed by atoms with E-state index in [0.717, 1.165) is 0 Å². The van der Waals surface area contributed by atoms with Crippen LogP contribution < -0.4 is 110 Å². The van der Waals surface area contributed by atoms with Gasteiger partial charge >= 0.3 is 12.1 Å². The highest BCUT2D eigenvalue weighted by Crippen LogP contribution is 2.26. The van der Waals surface area contributed by atoms with E-state index in [1.165, 1.54) is 33.8 Å². The number of carbonyl (C=O) groups excluding carboxylic acids is 20. The summed E-state index contributed by atoms with van der Waals surface area (Å²) in [6.45, 7) is 5.89. The molecule has 0 aromatic heterocycles. The standard InChI is InChI=1S/C84H148N26O24/c1-51(2)47-60(105-78(126)58(103-67(115)49-99-93)20-13-34-96-82(89)90)80(128)109-37-15-22-62(109)74(122)72(120)54(26-28-64(85)112)101-56(76(87)124)18-9-7-8-17-53(111)31-39-107(69(117)24-12-25-71(119)133-45-43-131-5)41-42-108(70(118)30-36-98-84(130)134-46-44-132-6)40-32-66(114)95-33-11-10-19-57(77(88)125)102-55(27-29-65(86)113)73(121)75(123)63-23-16-38-110(63)81(129)61(48-52(3)4)106-79(127)59(104-68(116)50-100-94)21-14-35-97-83(91)92/h51-52,54-63,99-102H,7-50,93-94H2,1-6H3,(H2,85,112)(H2,86,113)(H2,87,124)(H2,88,125)(H,95,114)(H,98,130)(H,103,115)(H,104,116)(H,105,126)(H,106,127)(H4,89,90,96)(H4,91,92,97)/t54-,55-,56-,57-,58-,59-,60?,61?,62-,63-/m0/s1. The Bertz CT molecular complexity index is 3640. The van der Waals surface area contributed by atoms with Crippen molar-refractivity contribution in [3.63, 3.8) is 0 Å². The highest BCUT2D eigenvalue weighted by Gasteiger charge is 2.45. The molecule has 0 aromatic carbocycles. The third-order valence-corrected chi connectivity index (χ3v) is 21.8. The molecule has 2 aliphatic rings. The molecule has 2 fully saturated rings. The molecule has 758 valence electrons. The molecule has 134 heavy (non-hydrogen) atoms. The minimum atomic E-state index is -1.51. The van der Waals surface area contributed by atoms with Crippen LogP contribution in [0.4, 0.5) is 4.79 Å². The predicted octanol–water partition coefficient (Wildman–Crippen LogP) is -6.75. The van der Waals surface area contributed by atoms with E-state index in [4.69, 9.17) is 75.9 Å². The number of esters is 1. The Kier molecular flexibility index (Phi) is 59.0. The number of methoxy groups -OCH3 is 2. The van der Waals surface area contributed by atoms with E-state index in [9.17, 15) is 95.9 Å². The number of nitrogens with two attached hydrogens (primary N) is 8. The highest BCUT2D eigenvalue weighted by atomic mass is 16.6. The molecule has 30 N–H and O–H groups in total. The quantitative estimate of drug-likeness (QED) is 0.00512. The SMILES string of the molecule is COCCOC(=O)CCCC(=O)N(CCC(=O)CCCCC[C@H](N[C@@H](CCC(N)=O)C(=O)C(=O)[C@@H]1CCCN1C(=O)C(CC(C)C)NC(=O)[C@H](CCCNC(=N)N)NC(=O)CNN)C(N)=O)CCN(CCC(=O)NCCCC[C@H](N[C@@H](CCC(N)=O)C(=O)C(=O)[C@@H]1CCCN1C(=O)C(CC(C)C)NC(=O)[C@H](CCCNC(=N)N)NC(=O)CNN)C(N)=O)C(=O)CCNC(=O)OCCOC. The van der Waals surface area contributed by atoms with Crippen molar-refractivity contribution in [2.45, 2.75) is 268 Å². The fourth-order valence-electron chi connectivity index (χ4n) is 14.9. The fraction of sp³-hybridized carbons (Fsp3) is 0.738. The summed E-state index contributed by atoms with van der Waals surface area (Å²) in [4.78, 5) is 275. The number of hydrogen-bond acceptors (Lipinski definition) is 32. The van der Waals surface area contributed by atoms with Crippen molar-refractivity contribution in [1.82, 2.24) is 83.6 Å². The van der Waals surface area contributed by atoms with Crippen molar-refractivity contribution < 1.29 is 115 Å². The molecule has 2 saturated heterocycles. The molecule has 50 nitrogen and oxygen atoms in total. The van der Waals surface area contributed by atoms with E-state index in [1.807, 2.05) is 0 Å². The van der Waals surface area contributed by atoms with Gasteiger partial charge in [-0.1, -0.05) is 40.5 Å². The molecule has 14 amide bonds. The molecular formula is C84H148N26O24. The molecule has 2 rings (SSSR count). The first kappa shape index (κ1) is 118. The molecule has 0 aromatic rings. The van der Waals surface area contributed by atoms with Crippen LogP contribution in [0.15, 0.2) is 0 Å². The number of unbranched alkanes of at least 4 members (excludes halogenated alkanes) is 3. The second kappa shape index (κ2) is 66.7. The van der Waals surface area contributed by atoms with E-state index < -0.39 is 185 Å². The lowest BCUT2D eigenvalue weighted by atomic mass is 9.95. The maximum Gasteiger partial charge on any atom is 0.407 e. The van der Waals surface area contributed by atoms with Crippen LogP contribution in [-0.4, -0.2) is 329 Å². The number of alkyl carbamates (subject to hydrolysis) is 1. The summed E-state index contributed by atoms with van der Waals surface area (Å²) < 4.78 is 20.1. The van der Waals surface area contributed by atoms with Crippen LogP contribution >= 0.6 is 0 Å². The van der Waals surface area contributed by atoms with Gasteiger partial charge in [0, 0.05) is 131 Å². The number of nitrogens with one attached hydrogen (secondary N) is 14. The monoisotopic (exact) mass is 1910 g/mol. The third kappa shape index (κ3) is 48.9. The zero-order valence-electron chi connectivity index (χ0n) is 78.2. The normalized spacial score (nSPS) is 15.2. The van der Waals surface area contributed by atoms with Crippen molar-refractivity contribution in [1.29, 1.82) is 10.8 Å². The van der Waals surface area contributed by atoms with Crippen molar-refractivity contribution >= 4 is 130 Å². The van der Waals surface area contributed by atoms with E-state index in [1.54, 1.807) is 27.7 Å². The number of primary amides is 4. The molecule has 2 heterocycles. The molecule has 2 unspecified atom stereocenters. The second-order valence-electron chi connectivity index (χ2n) is 33.7. The van der Waals surface area contributed by atoms with Crippen LogP contribution in [0, 0.1) is 22.7 Å². The first-order chi connectivity index (χ1) is 63.6. The van der Waals surface area contributed by atoms with Gasteiger partial charge in [-0.25, -0.2) is 4.79 Å². The lowest BCUT2D eigenvalue weighted by molar-refractivity contribution is -0.146. The van der Waals surface area contributed by atoms with Crippen LogP contribution in [0.5, 0.6) is 0 Å². The molecule has 0 spiro atoms. The maximum absolute atomic E-state index is 14.5. The van der Waals surface area contributed by atoms with Gasteiger partial charge in [-0.15, -0.1) is 0 Å². The molecule has 0 bridgehead atoms. The van der Waals surface area contributed by atoms with Gasteiger partial charge < -0.3 is 115 Å². The zero-order valence-corrected chi connectivity index (χ0v) is 78.2. The average Bonchev–Trinajstić information content (AvgIpc) is 1.64. The Labute approximate surface area is 780 Å². The summed E-state index contributed by atoms with van der Waals surface area (Å²) in [5.74, 6) is -4.80. The van der Waals surface area contributed by atoms with Crippen molar-refractivity contribution in [2.24, 2.45) is 57.9 Å². The van der Waals surface area contributed by atoms with Gasteiger partial charge in [0.25, 0.3) is 0 Å². The summed E-state index contributed by atoms with van der Waals surface area (Å²) in [5.41, 5.74) is 37.9. The van der Waals surface area contributed by atoms with Gasteiger partial charge in [0.05, 0.1) is 62.6 Å². The summed E-state index contributed by atoms with van der Waals surface area (Å²) in [5, 5.41) is 41.6. The number of likely N-dealkylation sites (tertiary alicyclic amines) is 2. The molecule has 0 radical (unpaired) electrons. The first-order valence-electron chi connectivity index (χ1n) is 45.6. The lowest BCUT2D eigenvalue weighted by Crippen LogP contribution is -2.58. The average molecular weight is 1910 g/mol. The Morgan fingerprint density at radius 1 is 0.396 bits per heavy atom. The van der Waals surface area contributed by atoms with E-state index in [2.05, 4.69) is 64.0 Å². The van der Waals surface area contributed by atoms with Crippen LogP contribution in [-0.2, 0) is 110 Å². The minimum Gasteiger partial charge on any atom is -0.463 e. The topological polar surface area (TPSA) is 791 Å². The largest absolute Gasteiger partial charge is 0.463 e. The Morgan fingerprint density at radius 2 is 0.821 bits per heavy atom. The maximum atomic E-state index is 14.5. The fourth-order valence-corrected chi connectivity index (χ4v) is 14.9. The molecule has 2 aliphatic heterocycles. The molecule has 0 aliphatic carbocycles. The van der Waals surface area contributed by atoms with Crippen molar-refractivity contribution in [2.75, 3.05) is 119 Å². The Morgan fingerprint density at radius 3 is 1.25 bits per heavy atom. The smallest absolute Gasteiger partial charge is 0.407 e. The van der Waals surface area contributed by atoms with Crippen LogP contribution in [0.3, 0.4) is 0 Å². The summed E-state index contributed by atoms with van der Waals surface area (Å²) in [6, 6.07) is -13.0. The van der Waals surface area contributed by atoms with Crippen LogP contribution in [0.2, 0.25) is 0 Å². The molecule has 50 heteroatoms. The molecular weight excluding hydrogens is 1760 g/mol. The number of hydrogen-bond donors (Lipinski definition) is 22. The Hall–Kier alpha value is -11.6.